The zero-order valence-electron chi connectivity index (χ0n) is 20.9. The molecule has 0 amide bonds. The van der Waals surface area contributed by atoms with Gasteiger partial charge >= 0.3 is 22.7 Å². The minimum atomic E-state index is -5.75. The van der Waals surface area contributed by atoms with Crippen molar-refractivity contribution in [3.63, 3.8) is 0 Å². The Kier molecular flexibility index (Phi) is 5.86. The zero-order chi connectivity index (χ0) is 26.1. The lowest BCUT2D eigenvalue weighted by Crippen LogP contribution is -2.41. The fraction of sp³-hybridized carbons (Fsp3) is 0.538. The van der Waals surface area contributed by atoms with Gasteiger partial charge in [-0.05, 0) is 87.0 Å². The fourth-order valence-electron chi connectivity index (χ4n) is 5.81. The molecular formula is C26H30BF3O5S. The molecule has 1 spiro atoms. The van der Waals surface area contributed by atoms with Crippen LogP contribution in [0.25, 0.3) is 11.1 Å². The van der Waals surface area contributed by atoms with Crippen molar-refractivity contribution in [3.8, 4) is 16.9 Å². The molecule has 0 unspecified atom stereocenters. The summed E-state index contributed by atoms with van der Waals surface area (Å²) in [7, 11) is -6.25. The molecule has 0 atom stereocenters. The third-order valence-corrected chi connectivity index (χ3v) is 9.41. The Labute approximate surface area is 210 Å². The van der Waals surface area contributed by atoms with Crippen LogP contribution in [0.3, 0.4) is 0 Å². The summed E-state index contributed by atoms with van der Waals surface area (Å²) in [5.41, 5.74) is -2.39. The van der Waals surface area contributed by atoms with Gasteiger partial charge < -0.3 is 13.5 Å². The summed E-state index contributed by atoms with van der Waals surface area (Å²) >= 11 is 0. The molecule has 0 radical (unpaired) electrons. The normalized spacial score (nSPS) is 22.2. The van der Waals surface area contributed by atoms with Gasteiger partial charge in [0.2, 0.25) is 0 Å². The van der Waals surface area contributed by atoms with E-state index in [1.165, 1.54) is 6.07 Å². The second kappa shape index (κ2) is 8.23. The highest BCUT2D eigenvalue weighted by molar-refractivity contribution is 7.88. The summed E-state index contributed by atoms with van der Waals surface area (Å²) in [6.45, 7) is 7.98. The van der Waals surface area contributed by atoms with E-state index in [4.69, 9.17) is 9.31 Å². The van der Waals surface area contributed by atoms with E-state index in [-0.39, 0.29) is 11.2 Å². The van der Waals surface area contributed by atoms with E-state index < -0.39 is 33.9 Å². The molecule has 0 N–H and O–H groups in total. The lowest BCUT2D eigenvalue weighted by Gasteiger charge is -2.32. The van der Waals surface area contributed by atoms with Crippen molar-refractivity contribution in [2.75, 3.05) is 0 Å². The summed E-state index contributed by atoms with van der Waals surface area (Å²) in [5.74, 6) is -0.219. The molecule has 2 fully saturated rings. The molecule has 3 aliphatic rings. The first-order valence-electron chi connectivity index (χ1n) is 12.3. The third kappa shape index (κ3) is 4.05. The second-order valence-corrected chi connectivity index (χ2v) is 12.7. The molecular weight excluding hydrogens is 492 g/mol. The molecule has 36 heavy (non-hydrogen) atoms. The quantitative estimate of drug-likeness (QED) is 0.296. The monoisotopic (exact) mass is 522 g/mol. The van der Waals surface area contributed by atoms with E-state index in [0.29, 0.717) is 12.0 Å². The Bertz CT molecular complexity index is 1260. The van der Waals surface area contributed by atoms with Crippen LogP contribution in [0.1, 0.15) is 70.9 Å². The summed E-state index contributed by atoms with van der Waals surface area (Å²) in [6.07, 6.45) is 5.17. The van der Waals surface area contributed by atoms with Gasteiger partial charge in [0.05, 0.1) is 11.2 Å². The van der Waals surface area contributed by atoms with Crippen LogP contribution < -0.4 is 9.65 Å². The number of hydrogen-bond donors (Lipinski definition) is 0. The summed E-state index contributed by atoms with van der Waals surface area (Å²) in [6, 6.07) is 10.9. The van der Waals surface area contributed by atoms with Crippen molar-refractivity contribution in [2.45, 2.75) is 88.3 Å². The van der Waals surface area contributed by atoms with Crippen LogP contribution in [0, 0.1) is 0 Å². The highest BCUT2D eigenvalue weighted by Crippen LogP contribution is 2.55. The fourth-order valence-corrected chi connectivity index (χ4v) is 6.29. The van der Waals surface area contributed by atoms with Crippen molar-refractivity contribution in [1.82, 2.24) is 0 Å². The van der Waals surface area contributed by atoms with Gasteiger partial charge in [0.25, 0.3) is 0 Å². The second-order valence-electron chi connectivity index (χ2n) is 11.1. The minimum absolute atomic E-state index is 0.170. The third-order valence-electron chi connectivity index (χ3n) is 8.44. The number of hydrogen-bond acceptors (Lipinski definition) is 5. The highest BCUT2D eigenvalue weighted by Gasteiger charge is 2.52. The van der Waals surface area contributed by atoms with Crippen molar-refractivity contribution in [1.29, 1.82) is 0 Å². The SMILES string of the molecule is CC1(C)OB(c2ccc(-c3ccc(OS(=O)(=O)C(F)(F)F)c4c3C3(CCCC3)CC4)cc2)OC1(C)C. The lowest BCUT2D eigenvalue weighted by molar-refractivity contribution is -0.0500. The maximum atomic E-state index is 13.0. The van der Waals surface area contributed by atoms with Crippen LogP contribution >= 0.6 is 0 Å². The number of halogens is 3. The molecule has 5 nitrogen and oxygen atoms in total. The van der Waals surface area contributed by atoms with Gasteiger partial charge in [-0.2, -0.15) is 21.6 Å². The largest absolute Gasteiger partial charge is 0.534 e. The van der Waals surface area contributed by atoms with Crippen molar-refractivity contribution in [3.05, 3.63) is 47.5 Å². The number of alkyl halides is 3. The Morgan fingerprint density at radius 2 is 1.47 bits per heavy atom. The van der Waals surface area contributed by atoms with Gasteiger partial charge in [-0.25, -0.2) is 0 Å². The van der Waals surface area contributed by atoms with E-state index >= 15 is 0 Å². The van der Waals surface area contributed by atoms with Crippen molar-refractivity contribution < 1.29 is 35.1 Å². The Morgan fingerprint density at radius 1 is 0.889 bits per heavy atom. The van der Waals surface area contributed by atoms with E-state index in [2.05, 4.69) is 4.18 Å². The molecule has 5 rings (SSSR count). The molecule has 0 aromatic heterocycles. The van der Waals surface area contributed by atoms with Crippen molar-refractivity contribution in [2.24, 2.45) is 0 Å². The van der Waals surface area contributed by atoms with Gasteiger partial charge in [0, 0.05) is 5.56 Å². The van der Waals surface area contributed by atoms with Crippen LogP contribution in [0.15, 0.2) is 36.4 Å². The van der Waals surface area contributed by atoms with E-state index in [1.54, 1.807) is 6.07 Å². The van der Waals surface area contributed by atoms with Crippen LogP contribution in [-0.4, -0.2) is 32.2 Å². The summed E-state index contributed by atoms with van der Waals surface area (Å²) < 4.78 is 79.6. The van der Waals surface area contributed by atoms with Gasteiger partial charge in [-0.3, -0.25) is 0 Å². The standard InChI is InChI=1S/C26H30BF3O5S/c1-23(2)24(3,4)35-27(34-23)18-9-7-17(8-10-18)19-11-12-21(33-36(31,32)26(28,29)30)20-13-16-25(22(19)20)14-5-6-15-25/h7-12H,5-6,13-16H2,1-4H3. The first-order valence-corrected chi connectivity index (χ1v) is 13.7. The highest BCUT2D eigenvalue weighted by atomic mass is 32.2. The van der Waals surface area contributed by atoms with Gasteiger partial charge in [0.1, 0.15) is 5.75 Å². The van der Waals surface area contributed by atoms with Gasteiger partial charge in [0.15, 0.2) is 0 Å². The minimum Gasteiger partial charge on any atom is -0.399 e. The molecule has 0 bridgehead atoms. The smallest absolute Gasteiger partial charge is 0.399 e. The molecule has 194 valence electrons. The van der Waals surface area contributed by atoms with E-state index in [1.807, 2.05) is 52.0 Å². The van der Waals surface area contributed by atoms with Crippen molar-refractivity contribution >= 4 is 22.7 Å². The molecule has 2 aromatic rings. The molecule has 1 saturated heterocycles. The van der Waals surface area contributed by atoms with Crippen LogP contribution in [-0.2, 0) is 31.3 Å². The number of fused-ring (bicyclic) bond motifs is 2. The predicted molar refractivity (Wildman–Crippen MR) is 132 cm³/mol. The Balaban J connectivity index is 1.53. The van der Waals surface area contributed by atoms with Crippen LogP contribution in [0.4, 0.5) is 13.2 Å². The molecule has 2 aromatic carbocycles. The Hall–Kier alpha value is -2.04. The van der Waals surface area contributed by atoms with E-state index in [9.17, 15) is 21.6 Å². The zero-order valence-corrected chi connectivity index (χ0v) is 21.7. The maximum Gasteiger partial charge on any atom is 0.534 e. The first-order chi connectivity index (χ1) is 16.7. The van der Waals surface area contributed by atoms with Gasteiger partial charge in [-0.1, -0.05) is 43.2 Å². The Morgan fingerprint density at radius 3 is 2.03 bits per heavy atom. The number of benzene rings is 2. The average Bonchev–Trinajstić information content (AvgIpc) is 3.46. The molecule has 1 aliphatic heterocycles. The first kappa shape index (κ1) is 25.6. The van der Waals surface area contributed by atoms with Gasteiger partial charge in [-0.15, -0.1) is 0 Å². The summed E-state index contributed by atoms with van der Waals surface area (Å²) in [4.78, 5) is 0. The lowest BCUT2D eigenvalue weighted by atomic mass is 9.75. The van der Waals surface area contributed by atoms with Crippen LogP contribution in [0.5, 0.6) is 5.75 Å². The topological polar surface area (TPSA) is 61.8 Å². The molecule has 2 aliphatic carbocycles. The molecule has 1 heterocycles. The van der Waals surface area contributed by atoms with Crippen LogP contribution in [0.2, 0.25) is 0 Å². The average molecular weight is 522 g/mol. The molecule has 10 heteroatoms. The van der Waals surface area contributed by atoms with E-state index in [0.717, 1.165) is 54.3 Å². The molecule has 1 saturated carbocycles. The maximum absolute atomic E-state index is 13.0. The summed E-state index contributed by atoms with van der Waals surface area (Å²) in [5, 5.41) is 0. The predicted octanol–water partition coefficient (Wildman–Crippen LogP) is 5.64. The number of rotatable bonds is 4.